The number of halogens is 1. The van der Waals surface area contributed by atoms with Crippen molar-refractivity contribution in [2.45, 2.75) is 13.5 Å². The lowest BCUT2D eigenvalue weighted by molar-refractivity contribution is 0.102. The first-order chi connectivity index (χ1) is 13.0. The van der Waals surface area contributed by atoms with E-state index in [4.69, 9.17) is 0 Å². The minimum absolute atomic E-state index is 0.0878. The van der Waals surface area contributed by atoms with Gasteiger partial charge in [0.2, 0.25) is 0 Å². The number of phenolic OH excluding ortho intramolecular Hbond substituents is 1. The van der Waals surface area contributed by atoms with Gasteiger partial charge in [-0.3, -0.25) is 9.48 Å². The van der Waals surface area contributed by atoms with E-state index >= 15 is 0 Å². The van der Waals surface area contributed by atoms with Gasteiger partial charge in [-0.1, -0.05) is 6.07 Å². The average Bonchev–Trinajstić information content (AvgIpc) is 3.24. The Labute approximate surface area is 163 Å². The zero-order chi connectivity index (χ0) is 19.0. The highest BCUT2D eigenvalue weighted by Gasteiger charge is 2.15. The molecule has 0 saturated heterocycles. The van der Waals surface area contributed by atoms with Crippen molar-refractivity contribution in [2.75, 3.05) is 5.32 Å². The van der Waals surface area contributed by atoms with Crippen LogP contribution in [0.3, 0.4) is 0 Å². The Morgan fingerprint density at radius 3 is 2.96 bits per heavy atom. The van der Waals surface area contributed by atoms with Gasteiger partial charge in [0.05, 0.1) is 34.2 Å². The van der Waals surface area contributed by atoms with Crippen molar-refractivity contribution in [3.8, 4) is 5.75 Å². The SMILES string of the molecule is Cc1cc(Br)c(O)c(C(=O)Nc2cnn(Cc3cn4ccccc4n3)c2)c1. The lowest BCUT2D eigenvalue weighted by Crippen LogP contribution is -2.12. The normalized spacial score (nSPS) is 11.0. The second kappa shape index (κ2) is 6.88. The number of carbonyl (C=O) groups is 1. The fourth-order valence-corrected chi connectivity index (χ4v) is 3.42. The Kier molecular flexibility index (Phi) is 4.41. The summed E-state index contributed by atoms with van der Waals surface area (Å²) in [4.78, 5) is 17.0. The molecule has 0 fully saturated rings. The molecule has 2 N–H and O–H groups in total. The van der Waals surface area contributed by atoms with Crippen LogP contribution in [0.15, 0.2) is 59.6 Å². The van der Waals surface area contributed by atoms with E-state index in [-0.39, 0.29) is 11.3 Å². The predicted molar refractivity (Wildman–Crippen MR) is 105 cm³/mol. The average molecular weight is 426 g/mol. The third-order valence-electron chi connectivity index (χ3n) is 4.08. The van der Waals surface area contributed by atoms with Gasteiger partial charge >= 0.3 is 0 Å². The summed E-state index contributed by atoms with van der Waals surface area (Å²) in [5.74, 6) is -0.487. The summed E-state index contributed by atoms with van der Waals surface area (Å²) in [6.45, 7) is 2.34. The molecule has 0 saturated carbocycles. The summed E-state index contributed by atoms with van der Waals surface area (Å²) in [6, 6.07) is 9.20. The van der Waals surface area contributed by atoms with Gasteiger partial charge in [0.15, 0.2) is 0 Å². The summed E-state index contributed by atoms with van der Waals surface area (Å²) in [7, 11) is 0. The molecule has 0 aliphatic heterocycles. The summed E-state index contributed by atoms with van der Waals surface area (Å²) >= 11 is 3.25. The highest BCUT2D eigenvalue weighted by molar-refractivity contribution is 9.10. The molecule has 1 amide bonds. The molecule has 0 aliphatic rings. The van der Waals surface area contributed by atoms with E-state index in [0.717, 1.165) is 16.9 Å². The number of rotatable bonds is 4. The van der Waals surface area contributed by atoms with Crippen molar-refractivity contribution < 1.29 is 9.90 Å². The Morgan fingerprint density at radius 1 is 1.30 bits per heavy atom. The number of hydrogen-bond acceptors (Lipinski definition) is 4. The second-order valence-corrected chi connectivity index (χ2v) is 7.08. The topological polar surface area (TPSA) is 84.5 Å². The maximum Gasteiger partial charge on any atom is 0.259 e. The predicted octanol–water partition coefficient (Wildman–Crippen LogP) is 3.61. The standard InChI is InChI=1S/C19H16BrN5O2/c1-12-6-15(18(26)16(20)7-12)19(27)23-13-8-21-25(10-13)11-14-9-24-5-3-2-4-17(24)22-14/h2-10,26H,11H2,1H3,(H,23,27). The maximum absolute atomic E-state index is 12.5. The number of nitrogens with one attached hydrogen (secondary N) is 1. The van der Waals surface area contributed by atoms with Crippen LogP contribution in [0.25, 0.3) is 5.65 Å². The number of aryl methyl sites for hydroxylation is 1. The van der Waals surface area contributed by atoms with Crippen molar-refractivity contribution in [2.24, 2.45) is 0 Å². The van der Waals surface area contributed by atoms with E-state index in [0.29, 0.717) is 16.7 Å². The van der Waals surface area contributed by atoms with E-state index in [1.807, 2.05) is 41.9 Å². The Bertz CT molecular complexity index is 1120. The molecule has 8 heteroatoms. The molecule has 27 heavy (non-hydrogen) atoms. The lowest BCUT2D eigenvalue weighted by Gasteiger charge is -2.07. The number of anilines is 1. The fourth-order valence-electron chi connectivity index (χ4n) is 2.85. The number of aromatic hydroxyl groups is 1. The molecule has 3 aromatic heterocycles. The summed E-state index contributed by atoms with van der Waals surface area (Å²) < 4.78 is 4.12. The van der Waals surface area contributed by atoms with Crippen LogP contribution in [0.2, 0.25) is 0 Å². The summed E-state index contributed by atoms with van der Waals surface area (Å²) in [5.41, 5.74) is 3.35. The van der Waals surface area contributed by atoms with Crippen LogP contribution in [-0.4, -0.2) is 30.2 Å². The van der Waals surface area contributed by atoms with E-state index < -0.39 is 5.91 Å². The van der Waals surface area contributed by atoms with Crippen LogP contribution >= 0.6 is 15.9 Å². The molecule has 0 spiro atoms. The fraction of sp³-hybridized carbons (Fsp3) is 0.105. The number of benzene rings is 1. The molecule has 3 heterocycles. The number of amides is 1. The zero-order valence-corrected chi connectivity index (χ0v) is 16.0. The molecule has 4 rings (SSSR count). The highest BCUT2D eigenvalue weighted by Crippen LogP contribution is 2.29. The number of nitrogens with zero attached hydrogens (tertiary/aromatic N) is 4. The van der Waals surface area contributed by atoms with Gasteiger partial charge in [0.25, 0.3) is 5.91 Å². The van der Waals surface area contributed by atoms with Gasteiger partial charge in [0, 0.05) is 18.6 Å². The number of fused-ring (bicyclic) bond motifs is 1. The van der Waals surface area contributed by atoms with E-state index in [1.165, 1.54) is 0 Å². The first kappa shape index (κ1) is 17.3. The summed E-state index contributed by atoms with van der Waals surface area (Å²) in [6.07, 6.45) is 7.17. The Balaban J connectivity index is 1.50. The van der Waals surface area contributed by atoms with Crippen LogP contribution in [0, 0.1) is 6.92 Å². The van der Waals surface area contributed by atoms with Gasteiger partial charge < -0.3 is 14.8 Å². The van der Waals surface area contributed by atoms with Crippen LogP contribution < -0.4 is 5.32 Å². The minimum atomic E-state index is -0.399. The van der Waals surface area contributed by atoms with E-state index in [9.17, 15) is 9.90 Å². The molecule has 0 bridgehead atoms. The molecule has 1 aromatic carbocycles. The third-order valence-corrected chi connectivity index (χ3v) is 4.69. The van der Waals surface area contributed by atoms with Gasteiger partial charge in [-0.05, 0) is 52.7 Å². The number of aromatic nitrogens is 4. The van der Waals surface area contributed by atoms with Crippen LogP contribution in [-0.2, 0) is 6.54 Å². The summed E-state index contributed by atoms with van der Waals surface area (Å²) in [5, 5.41) is 17.1. The molecule has 0 unspecified atom stereocenters. The number of hydrogen-bond donors (Lipinski definition) is 2. The number of pyridine rings is 1. The molecule has 7 nitrogen and oxygen atoms in total. The maximum atomic E-state index is 12.5. The van der Waals surface area contributed by atoms with Crippen molar-refractivity contribution >= 4 is 33.2 Å². The smallest absolute Gasteiger partial charge is 0.259 e. The minimum Gasteiger partial charge on any atom is -0.506 e. The van der Waals surface area contributed by atoms with Crippen molar-refractivity contribution in [1.82, 2.24) is 19.2 Å². The molecule has 4 aromatic rings. The van der Waals surface area contributed by atoms with Gasteiger partial charge in [0.1, 0.15) is 11.4 Å². The molecular formula is C19H16BrN5O2. The second-order valence-electron chi connectivity index (χ2n) is 6.22. The number of imidazole rings is 1. The van der Waals surface area contributed by atoms with Gasteiger partial charge in [-0.15, -0.1) is 0 Å². The molecular weight excluding hydrogens is 410 g/mol. The van der Waals surface area contributed by atoms with Crippen molar-refractivity contribution in [3.63, 3.8) is 0 Å². The van der Waals surface area contributed by atoms with Crippen LogP contribution in [0.5, 0.6) is 5.75 Å². The van der Waals surface area contributed by atoms with E-state index in [1.54, 1.807) is 29.2 Å². The Morgan fingerprint density at radius 2 is 2.15 bits per heavy atom. The highest BCUT2D eigenvalue weighted by atomic mass is 79.9. The monoisotopic (exact) mass is 425 g/mol. The third kappa shape index (κ3) is 3.56. The van der Waals surface area contributed by atoms with Gasteiger partial charge in [-0.2, -0.15) is 5.10 Å². The van der Waals surface area contributed by atoms with Crippen LogP contribution in [0.1, 0.15) is 21.6 Å². The molecule has 0 radical (unpaired) electrons. The van der Waals surface area contributed by atoms with Crippen molar-refractivity contribution in [3.05, 3.63) is 76.4 Å². The molecule has 0 aliphatic carbocycles. The first-order valence-electron chi connectivity index (χ1n) is 8.25. The lowest BCUT2D eigenvalue weighted by atomic mass is 10.1. The largest absolute Gasteiger partial charge is 0.506 e. The Hall–Kier alpha value is -3.13. The molecule has 0 atom stereocenters. The van der Waals surface area contributed by atoms with E-state index in [2.05, 4.69) is 31.3 Å². The molecule has 136 valence electrons. The number of carbonyl (C=O) groups excluding carboxylic acids is 1. The van der Waals surface area contributed by atoms with Crippen LogP contribution in [0.4, 0.5) is 5.69 Å². The quantitative estimate of drug-likeness (QED) is 0.522. The van der Waals surface area contributed by atoms with Gasteiger partial charge in [-0.25, -0.2) is 4.98 Å². The first-order valence-corrected chi connectivity index (χ1v) is 9.04. The van der Waals surface area contributed by atoms with Crippen molar-refractivity contribution in [1.29, 1.82) is 0 Å². The number of phenols is 1. The zero-order valence-electron chi connectivity index (χ0n) is 14.4.